The molecule has 4 nitrogen and oxygen atoms in total. The maximum Gasteiger partial charge on any atom is 0.223 e. The molecule has 1 fully saturated rings. The van der Waals surface area contributed by atoms with Crippen molar-refractivity contribution in [3.8, 4) is 0 Å². The SMILES string of the molecule is CNCCC(=O)N1CCN(C)CC1. The number of amides is 1. The zero-order valence-electron chi connectivity index (χ0n) is 8.55. The van der Waals surface area contributed by atoms with Crippen molar-refractivity contribution in [3.63, 3.8) is 0 Å². The van der Waals surface area contributed by atoms with Crippen LogP contribution < -0.4 is 5.32 Å². The van der Waals surface area contributed by atoms with Crippen molar-refractivity contribution in [1.29, 1.82) is 0 Å². The van der Waals surface area contributed by atoms with Gasteiger partial charge in [-0.1, -0.05) is 0 Å². The second kappa shape index (κ2) is 5.19. The van der Waals surface area contributed by atoms with Gasteiger partial charge in [0.1, 0.15) is 0 Å². The van der Waals surface area contributed by atoms with Gasteiger partial charge in [0.05, 0.1) is 0 Å². The van der Waals surface area contributed by atoms with Crippen molar-refractivity contribution >= 4 is 5.91 Å². The Hall–Kier alpha value is -0.610. The van der Waals surface area contributed by atoms with Gasteiger partial charge in [-0.15, -0.1) is 0 Å². The van der Waals surface area contributed by atoms with Crippen LogP contribution in [0.2, 0.25) is 0 Å². The Balaban J connectivity index is 2.23. The van der Waals surface area contributed by atoms with Crippen molar-refractivity contribution in [1.82, 2.24) is 15.1 Å². The number of rotatable bonds is 3. The molecule has 0 atom stereocenters. The number of carbonyl (C=O) groups excluding carboxylic acids is 1. The molecule has 1 heterocycles. The lowest BCUT2D eigenvalue weighted by Gasteiger charge is -2.32. The highest BCUT2D eigenvalue weighted by Gasteiger charge is 2.17. The average Bonchev–Trinajstić information content (AvgIpc) is 2.15. The average molecular weight is 185 g/mol. The summed E-state index contributed by atoms with van der Waals surface area (Å²) in [5.41, 5.74) is 0. The lowest BCUT2D eigenvalue weighted by Crippen LogP contribution is -2.47. The third-order valence-corrected chi connectivity index (χ3v) is 2.44. The number of piperazine rings is 1. The van der Waals surface area contributed by atoms with Crippen LogP contribution in [-0.2, 0) is 4.79 Å². The normalized spacial score (nSPS) is 19.1. The van der Waals surface area contributed by atoms with Crippen LogP contribution in [0.3, 0.4) is 0 Å². The Bertz CT molecular complexity index is 164. The molecule has 1 aliphatic rings. The van der Waals surface area contributed by atoms with E-state index in [0.29, 0.717) is 6.42 Å². The van der Waals surface area contributed by atoms with Crippen LogP contribution in [0.5, 0.6) is 0 Å². The largest absolute Gasteiger partial charge is 0.340 e. The highest BCUT2D eigenvalue weighted by molar-refractivity contribution is 5.76. The Morgan fingerprint density at radius 2 is 1.92 bits per heavy atom. The van der Waals surface area contributed by atoms with E-state index in [0.717, 1.165) is 32.7 Å². The van der Waals surface area contributed by atoms with E-state index in [2.05, 4.69) is 17.3 Å². The van der Waals surface area contributed by atoms with Gasteiger partial charge >= 0.3 is 0 Å². The van der Waals surface area contributed by atoms with Gasteiger partial charge in [-0.25, -0.2) is 0 Å². The molecule has 0 bridgehead atoms. The first-order valence-electron chi connectivity index (χ1n) is 4.85. The van der Waals surface area contributed by atoms with Crippen LogP contribution >= 0.6 is 0 Å². The lowest BCUT2D eigenvalue weighted by atomic mass is 10.3. The standard InChI is InChI=1S/C9H19N3O/c1-10-4-3-9(13)12-7-5-11(2)6-8-12/h10H,3-8H2,1-2H3. The number of hydrogen-bond donors (Lipinski definition) is 1. The van der Waals surface area contributed by atoms with Crippen LogP contribution in [0.25, 0.3) is 0 Å². The summed E-state index contributed by atoms with van der Waals surface area (Å²) in [7, 11) is 3.96. The maximum atomic E-state index is 11.5. The molecule has 0 spiro atoms. The van der Waals surface area contributed by atoms with Gasteiger partial charge in [-0.05, 0) is 14.1 Å². The van der Waals surface area contributed by atoms with Gasteiger partial charge in [0.2, 0.25) is 5.91 Å². The monoisotopic (exact) mass is 185 g/mol. The zero-order chi connectivity index (χ0) is 9.68. The summed E-state index contributed by atoms with van der Waals surface area (Å²) < 4.78 is 0. The molecule has 1 rings (SSSR count). The molecule has 0 saturated carbocycles. The number of likely N-dealkylation sites (N-methyl/N-ethyl adjacent to an activating group) is 1. The molecule has 0 aromatic carbocycles. The fourth-order valence-corrected chi connectivity index (χ4v) is 1.45. The summed E-state index contributed by atoms with van der Waals surface area (Å²) in [4.78, 5) is 15.7. The molecule has 1 amide bonds. The topological polar surface area (TPSA) is 35.6 Å². The van der Waals surface area contributed by atoms with E-state index in [1.54, 1.807) is 0 Å². The van der Waals surface area contributed by atoms with Crippen molar-refractivity contribution in [2.75, 3.05) is 46.8 Å². The van der Waals surface area contributed by atoms with E-state index in [9.17, 15) is 4.79 Å². The summed E-state index contributed by atoms with van der Waals surface area (Å²) in [6.07, 6.45) is 0.625. The highest BCUT2D eigenvalue weighted by Crippen LogP contribution is 2.00. The molecule has 0 aromatic heterocycles. The van der Waals surface area contributed by atoms with Crippen LogP contribution in [-0.4, -0.2) is 62.5 Å². The highest BCUT2D eigenvalue weighted by atomic mass is 16.2. The molecule has 4 heteroatoms. The summed E-state index contributed by atoms with van der Waals surface area (Å²) in [6.45, 7) is 4.57. The van der Waals surface area contributed by atoms with E-state index in [-0.39, 0.29) is 5.91 Å². The Kier molecular flexibility index (Phi) is 4.18. The second-order valence-corrected chi connectivity index (χ2v) is 3.54. The van der Waals surface area contributed by atoms with Gasteiger partial charge in [0, 0.05) is 39.1 Å². The fraction of sp³-hybridized carbons (Fsp3) is 0.889. The molecule has 1 N–H and O–H groups in total. The number of nitrogens with zero attached hydrogens (tertiary/aromatic N) is 2. The Morgan fingerprint density at radius 1 is 1.31 bits per heavy atom. The minimum atomic E-state index is 0.280. The first kappa shape index (κ1) is 10.5. The summed E-state index contributed by atoms with van der Waals surface area (Å²) in [5, 5.41) is 2.99. The van der Waals surface area contributed by atoms with Gasteiger partial charge in [0.25, 0.3) is 0 Å². The lowest BCUT2D eigenvalue weighted by molar-refractivity contribution is -0.132. The van der Waals surface area contributed by atoms with E-state index in [1.807, 2.05) is 11.9 Å². The second-order valence-electron chi connectivity index (χ2n) is 3.54. The molecular formula is C9H19N3O. The molecular weight excluding hydrogens is 166 g/mol. The molecule has 1 saturated heterocycles. The summed E-state index contributed by atoms with van der Waals surface area (Å²) >= 11 is 0. The van der Waals surface area contributed by atoms with E-state index >= 15 is 0 Å². The van der Waals surface area contributed by atoms with E-state index < -0.39 is 0 Å². The van der Waals surface area contributed by atoms with Gasteiger partial charge in [-0.3, -0.25) is 4.79 Å². The first-order valence-corrected chi connectivity index (χ1v) is 4.85. The Labute approximate surface area is 79.9 Å². The predicted octanol–water partition coefficient (Wildman–Crippen LogP) is -0.630. The maximum absolute atomic E-state index is 11.5. The summed E-state index contributed by atoms with van der Waals surface area (Å²) in [5.74, 6) is 0.280. The third kappa shape index (κ3) is 3.32. The van der Waals surface area contributed by atoms with E-state index in [4.69, 9.17) is 0 Å². The van der Waals surface area contributed by atoms with Crippen molar-refractivity contribution in [3.05, 3.63) is 0 Å². The molecule has 1 aliphatic heterocycles. The molecule has 0 radical (unpaired) electrons. The number of nitrogens with one attached hydrogen (secondary N) is 1. The first-order chi connectivity index (χ1) is 6.24. The zero-order valence-corrected chi connectivity index (χ0v) is 8.55. The van der Waals surface area contributed by atoms with Crippen molar-refractivity contribution < 1.29 is 4.79 Å². The number of hydrogen-bond acceptors (Lipinski definition) is 3. The molecule has 76 valence electrons. The summed E-state index contributed by atoms with van der Waals surface area (Å²) in [6, 6.07) is 0. The van der Waals surface area contributed by atoms with Gasteiger partial charge in [0.15, 0.2) is 0 Å². The van der Waals surface area contributed by atoms with Crippen LogP contribution in [0, 0.1) is 0 Å². The molecule has 13 heavy (non-hydrogen) atoms. The predicted molar refractivity (Wildman–Crippen MR) is 52.6 cm³/mol. The fourth-order valence-electron chi connectivity index (χ4n) is 1.45. The smallest absolute Gasteiger partial charge is 0.223 e. The van der Waals surface area contributed by atoms with Crippen molar-refractivity contribution in [2.24, 2.45) is 0 Å². The van der Waals surface area contributed by atoms with Crippen LogP contribution in [0.1, 0.15) is 6.42 Å². The van der Waals surface area contributed by atoms with Gasteiger partial charge in [-0.2, -0.15) is 0 Å². The minimum Gasteiger partial charge on any atom is -0.340 e. The quantitative estimate of drug-likeness (QED) is 0.636. The van der Waals surface area contributed by atoms with E-state index in [1.165, 1.54) is 0 Å². The van der Waals surface area contributed by atoms with Gasteiger partial charge < -0.3 is 15.1 Å². The molecule has 0 aromatic rings. The molecule has 0 aliphatic carbocycles. The Morgan fingerprint density at radius 3 is 2.46 bits per heavy atom. The molecule has 0 unspecified atom stereocenters. The van der Waals surface area contributed by atoms with Crippen LogP contribution in [0.4, 0.5) is 0 Å². The van der Waals surface area contributed by atoms with Crippen LogP contribution in [0.15, 0.2) is 0 Å². The minimum absolute atomic E-state index is 0.280. The number of carbonyl (C=O) groups is 1. The third-order valence-electron chi connectivity index (χ3n) is 2.44. The van der Waals surface area contributed by atoms with Crippen molar-refractivity contribution in [2.45, 2.75) is 6.42 Å².